The Hall–Kier alpha value is -1.13. The van der Waals surface area contributed by atoms with Crippen LogP contribution in [0, 0.1) is 12.8 Å². The fraction of sp³-hybridized carbons (Fsp3) is 0.417. The van der Waals surface area contributed by atoms with Crippen molar-refractivity contribution < 1.29 is 4.79 Å². The summed E-state index contributed by atoms with van der Waals surface area (Å²) in [6.45, 7) is 2.69. The van der Waals surface area contributed by atoms with Gasteiger partial charge in [-0.15, -0.1) is 11.3 Å². The number of nitrogens with two attached hydrogens (primary N) is 1. The highest BCUT2D eigenvalue weighted by Gasteiger charge is 2.22. The minimum Gasteiger partial charge on any atom is -0.351 e. The second kappa shape index (κ2) is 4.80. The first kappa shape index (κ1) is 11.4. The molecule has 1 aromatic heterocycles. The maximum atomic E-state index is 11.8. The lowest BCUT2D eigenvalue weighted by atomic mass is 10.1. The zero-order valence-electron chi connectivity index (χ0n) is 9.27. The number of carbonyl (C=O) groups is 1. The Morgan fingerprint density at radius 1 is 1.62 bits per heavy atom. The average Bonchev–Trinajstić information content (AvgIpc) is 2.84. The molecule has 86 valence electrons. The van der Waals surface area contributed by atoms with Gasteiger partial charge in [-0.2, -0.15) is 0 Å². The van der Waals surface area contributed by atoms with Crippen molar-refractivity contribution in [3.05, 3.63) is 34.0 Å². The first-order valence-corrected chi connectivity index (χ1v) is 6.29. The smallest absolute Gasteiger partial charge is 0.227 e. The van der Waals surface area contributed by atoms with E-state index in [1.165, 1.54) is 10.4 Å². The maximum Gasteiger partial charge on any atom is 0.227 e. The van der Waals surface area contributed by atoms with E-state index in [1.54, 1.807) is 11.3 Å². The number of carbonyl (C=O) groups excluding carboxylic acids is 1. The van der Waals surface area contributed by atoms with Gasteiger partial charge in [-0.25, -0.2) is 0 Å². The minimum atomic E-state index is -0.0460. The van der Waals surface area contributed by atoms with Gasteiger partial charge in [-0.1, -0.05) is 12.2 Å². The number of aryl methyl sites for hydroxylation is 1. The first-order valence-electron chi connectivity index (χ1n) is 5.41. The molecule has 0 aliphatic heterocycles. The Bertz CT molecular complexity index is 411. The van der Waals surface area contributed by atoms with Crippen molar-refractivity contribution in [3.63, 3.8) is 0 Å². The third-order valence-electron chi connectivity index (χ3n) is 2.84. The molecule has 3 nitrogen and oxygen atoms in total. The Kier molecular flexibility index (Phi) is 3.41. The highest BCUT2D eigenvalue weighted by atomic mass is 32.1. The summed E-state index contributed by atoms with van der Waals surface area (Å²) in [7, 11) is 0. The topological polar surface area (TPSA) is 55.1 Å². The van der Waals surface area contributed by atoms with Gasteiger partial charge in [-0.3, -0.25) is 4.79 Å². The molecule has 0 bridgehead atoms. The van der Waals surface area contributed by atoms with Crippen molar-refractivity contribution in [2.75, 3.05) is 0 Å². The van der Waals surface area contributed by atoms with E-state index in [0.717, 1.165) is 6.42 Å². The molecule has 0 saturated heterocycles. The zero-order valence-corrected chi connectivity index (χ0v) is 10.1. The van der Waals surface area contributed by atoms with E-state index in [1.807, 2.05) is 17.5 Å². The van der Waals surface area contributed by atoms with E-state index < -0.39 is 0 Å². The van der Waals surface area contributed by atoms with Crippen LogP contribution < -0.4 is 11.1 Å². The highest BCUT2D eigenvalue weighted by Crippen LogP contribution is 2.18. The number of rotatable bonds is 3. The summed E-state index contributed by atoms with van der Waals surface area (Å²) in [5.41, 5.74) is 6.95. The van der Waals surface area contributed by atoms with Crippen LogP contribution in [0.15, 0.2) is 23.6 Å². The summed E-state index contributed by atoms with van der Waals surface area (Å²) >= 11 is 1.68. The predicted molar refractivity (Wildman–Crippen MR) is 66.1 cm³/mol. The summed E-state index contributed by atoms with van der Waals surface area (Å²) < 4.78 is 0. The second-order valence-corrected chi connectivity index (χ2v) is 5.14. The normalized spacial score (nSPS) is 23.6. The molecule has 0 fully saturated rings. The number of amides is 1. The number of hydrogen-bond donors (Lipinski definition) is 2. The lowest BCUT2D eigenvalue weighted by Crippen LogP contribution is -2.30. The maximum absolute atomic E-state index is 11.8. The quantitative estimate of drug-likeness (QED) is 0.783. The highest BCUT2D eigenvalue weighted by molar-refractivity contribution is 7.10. The van der Waals surface area contributed by atoms with Gasteiger partial charge in [0, 0.05) is 10.9 Å². The summed E-state index contributed by atoms with van der Waals surface area (Å²) in [6, 6.07) is 2.11. The largest absolute Gasteiger partial charge is 0.351 e. The molecule has 0 aromatic carbocycles. The van der Waals surface area contributed by atoms with Crippen LogP contribution in [0.25, 0.3) is 0 Å². The Labute approximate surface area is 99.3 Å². The molecule has 1 heterocycles. The van der Waals surface area contributed by atoms with Crippen LogP contribution in [0.2, 0.25) is 0 Å². The molecule has 2 rings (SSSR count). The van der Waals surface area contributed by atoms with Gasteiger partial charge in [0.05, 0.1) is 12.5 Å². The monoisotopic (exact) mass is 236 g/mol. The van der Waals surface area contributed by atoms with Crippen molar-refractivity contribution >= 4 is 17.2 Å². The molecule has 2 atom stereocenters. The van der Waals surface area contributed by atoms with Gasteiger partial charge < -0.3 is 11.1 Å². The Morgan fingerprint density at radius 3 is 3.00 bits per heavy atom. The molecule has 16 heavy (non-hydrogen) atoms. The number of hydrogen-bond acceptors (Lipinski definition) is 3. The average molecular weight is 236 g/mol. The van der Waals surface area contributed by atoms with Crippen LogP contribution in [0.3, 0.4) is 0 Å². The van der Waals surface area contributed by atoms with Crippen LogP contribution >= 0.6 is 11.3 Å². The van der Waals surface area contributed by atoms with E-state index in [4.69, 9.17) is 5.73 Å². The summed E-state index contributed by atoms with van der Waals surface area (Å²) in [6.07, 6.45) is 4.54. The molecule has 2 unspecified atom stereocenters. The Morgan fingerprint density at radius 2 is 2.44 bits per heavy atom. The van der Waals surface area contributed by atoms with E-state index in [0.29, 0.717) is 6.54 Å². The molecule has 1 amide bonds. The summed E-state index contributed by atoms with van der Waals surface area (Å²) in [4.78, 5) is 13.0. The van der Waals surface area contributed by atoms with E-state index in [9.17, 15) is 4.79 Å². The van der Waals surface area contributed by atoms with Gasteiger partial charge in [-0.05, 0) is 30.4 Å². The minimum absolute atomic E-state index is 0.0409. The molecule has 4 heteroatoms. The van der Waals surface area contributed by atoms with Crippen molar-refractivity contribution in [1.82, 2.24) is 5.32 Å². The molecule has 0 radical (unpaired) electrons. The Balaban J connectivity index is 1.85. The van der Waals surface area contributed by atoms with Crippen molar-refractivity contribution in [3.8, 4) is 0 Å². The summed E-state index contributed by atoms with van der Waals surface area (Å²) in [5.74, 6) is 0.0345. The SMILES string of the molecule is Cc1ccsc1CNC(=O)C1C=CC(N)C1. The third kappa shape index (κ3) is 2.51. The van der Waals surface area contributed by atoms with Gasteiger partial charge in [0.15, 0.2) is 0 Å². The van der Waals surface area contributed by atoms with Gasteiger partial charge >= 0.3 is 0 Å². The molecule has 0 spiro atoms. The fourth-order valence-corrected chi connectivity index (χ4v) is 2.65. The van der Waals surface area contributed by atoms with Crippen LogP contribution in [-0.2, 0) is 11.3 Å². The van der Waals surface area contributed by atoms with Gasteiger partial charge in [0.1, 0.15) is 0 Å². The van der Waals surface area contributed by atoms with E-state index >= 15 is 0 Å². The van der Waals surface area contributed by atoms with E-state index in [-0.39, 0.29) is 17.9 Å². The first-order chi connectivity index (χ1) is 7.66. The van der Waals surface area contributed by atoms with Crippen molar-refractivity contribution in [2.24, 2.45) is 11.7 Å². The molecular weight excluding hydrogens is 220 g/mol. The van der Waals surface area contributed by atoms with Crippen LogP contribution in [0.4, 0.5) is 0 Å². The fourth-order valence-electron chi connectivity index (χ4n) is 1.81. The predicted octanol–water partition coefficient (Wildman–Crippen LogP) is 1.58. The standard InChI is InChI=1S/C12H16N2OS/c1-8-4-5-16-11(8)7-14-12(15)9-2-3-10(13)6-9/h2-5,9-10H,6-7,13H2,1H3,(H,14,15). The molecular formula is C12H16N2OS. The zero-order chi connectivity index (χ0) is 11.5. The molecule has 0 saturated carbocycles. The molecule has 1 aromatic rings. The van der Waals surface area contributed by atoms with Gasteiger partial charge in [0.25, 0.3) is 0 Å². The third-order valence-corrected chi connectivity index (χ3v) is 3.87. The summed E-state index contributed by atoms with van der Waals surface area (Å²) in [5, 5.41) is 5.00. The van der Waals surface area contributed by atoms with Crippen LogP contribution in [0.5, 0.6) is 0 Å². The lowest BCUT2D eigenvalue weighted by molar-refractivity contribution is -0.123. The van der Waals surface area contributed by atoms with Crippen molar-refractivity contribution in [1.29, 1.82) is 0 Å². The van der Waals surface area contributed by atoms with Crippen LogP contribution in [-0.4, -0.2) is 11.9 Å². The van der Waals surface area contributed by atoms with E-state index in [2.05, 4.69) is 18.3 Å². The molecule has 1 aliphatic carbocycles. The lowest BCUT2D eigenvalue weighted by Gasteiger charge is -2.10. The number of thiophene rings is 1. The number of nitrogens with one attached hydrogen (secondary N) is 1. The van der Waals surface area contributed by atoms with Crippen molar-refractivity contribution in [2.45, 2.75) is 25.9 Å². The van der Waals surface area contributed by atoms with Gasteiger partial charge in [0.2, 0.25) is 5.91 Å². The van der Waals surface area contributed by atoms with Crippen LogP contribution in [0.1, 0.15) is 16.9 Å². The molecule has 1 aliphatic rings. The molecule has 3 N–H and O–H groups in total. The second-order valence-electron chi connectivity index (χ2n) is 4.14.